The maximum atomic E-state index is 13.3. The van der Waals surface area contributed by atoms with Crippen molar-refractivity contribution < 1.29 is 14.1 Å². The van der Waals surface area contributed by atoms with E-state index in [2.05, 4.69) is 15.1 Å². The highest BCUT2D eigenvalue weighted by Crippen LogP contribution is 2.32. The topological polar surface area (TPSA) is 92.4 Å². The van der Waals surface area contributed by atoms with E-state index in [1.54, 1.807) is 6.20 Å². The van der Waals surface area contributed by atoms with Crippen molar-refractivity contribution in [2.45, 2.75) is 44.6 Å². The first kappa shape index (κ1) is 17.3. The van der Waals surface area contributed by atoms with Gasteiger partial charge in [0.05, 0.1) is 6.20 Å². The van der Waals surface area contributed by atoms with Crippen LogP contribution in [0.4, 0.5) is 0 Å². The summed E-state index contributed by atoms with van der Waals surface area (Å²) in [6.45, 7) is 1.83. The Morgan fingerprint density at radius 2 is 1.93 bits per heavy atom. The van der Waals surface area contributed by atoms with Crippen molar-refractivity contribution in [2.24, 2.45) is 5.92 Å². The van der Waals surface area contributed by atoms with E-state index < -0.39 is 0 Å². The largest absolute Gasteiger partial charge is 0.360 e. The van der Waals surface area contributed by atoms with E-state index in [1.807, 2.05) is 9.80 Å². The molecule has 2 atom stereocenters. The number of carbonyl (C=O) groups is 2. The molecule has 0 aromatic carbocycles. The number of fused-ring (bicyclic) bond motifs is 5. The fourth-order valence-electron chi connectivity index (χ4n) is 4.76. The summed E-state index contributed by atoms with van der Waals surface area (Å²) >= 11 is 0. The summed E-state index contributed by atoms with van der Waals surface area (Å²) in [4.78, 5) is 38.1. The lowest BCUT2D eigenvalue weighted by Gasteiger charge is -2.35. The van der Waals surface area contributed by atoms with Crippen molar-refractivity contribution in [1.82, 2.24) is 24.9 Å². The van der Waals surface area contributed by atoms with Gasteiger partial charge in [0, 0.05) is 50.1 Å². The molecule has 3 aliphatic heterocycles. The molecule has 2 aromatic heterocycles. The maximum absolute atomic E-state index is 13.3. The van der Waals surface area contributed by atoms with Crippen LogP contribution in [-0.2, 0) is 12.8 Å². The van der Waals surface area contributed by atoms with Crippen molar-refractivity contribution >= 4 is 11.8 Å². The molecular formula is C20H23N5O3. The molecule has 8 heteroatoms. The second-order valence-corrected chi connectivity index (χ2v) is 8.00. The summed E-state index contributed by atoms with van der Waals surface area (Å²) in [6, 6.07) is 0.00260. The molecule has 4 aliphatic rings. The highest BCUT2D eigenvalue weighted by atomic mass is 16.5. The minimum absolute atomic E-state index is 0.00260. The number of carbonyl (C=O) groups excluding carboxylic acids is 2. The van der Waals surface area contributed by atoms with Gasteiger partial charge in [0.2, 0.25) is 0 Å². The summed E-state index contributed by atoms with van der Waals surface area (Å²) in [5.41, 5.74) is 1.82. The maximum Gasteiger partial charge on any atom is 0.276 e. The molecule has 2 aromatic rings. The Balaban J connectivity index is 1.38. The zero-order chi connectivity index (χ0) is 19.1. The number of aryl methyl sites for hydroxylation is 1. The third kappa shape index (κ3) is 2.96. The van der Waals surface area contributed by atoms with Crippen LogP contribution in [0.25, 0.3) is 0 Å². The van der Waals surface area contributed by atoms with E-state index in [0.717, 1.165) is 49.8 Å². The Kier molecular flexibility index (Phi) is 4.33. The van der Waals surface area contributed by atoms with Gasteiger partial charge < -0.3 is 14.3 Å². The molecule has 8 nitrogen and oxygen atoms in total. The molecule has 0 radical (unpaired) electrons. The van der Waals surface area contributed by atoms with E-state index in [-0.39, 0.29) is 23.8 Å². The van der Waals surface area contributed by atoms with E-state index in [0.29, 0.717) is 31.0 Å². The van der Waals surface area contributed by atoms with E-state index in [1.165, 1.54) is 12.4 Å². The third-order valence-corrected chi connectivity index (χ3v) is 6.20. The van der Waals surface area contributed by atoms with Crippen LogP contribution < -0.4 is 0 Å². The molecule has 0 saturated carbocycles. The van der Waals surface area contributed by atoms with Gasteiger partial charge in [-0.1, -0.05) is 5.16 Å². The van der Waals surface area contributed by atoms with Crippen molar-refractivity contribution in [3.05, 3.63) is 41.3 Å². The lowest BCUT2D eigenvalue weighted by atomic mass is 9.93. The zero-order valence-corrected chi connectivity index (χ0v) is 15.7. The van der Waals surface area contributed by atoms with Gasteiger partial charge in [0.1, 0.15) is 11.5 Å². The van der Waals surface area contributed by atoms with Crippen molar-refractivity contribution in [3.8, 4) is 0 Å². The van der Waals surface area contributed by atoms with Gasteiger partial charge in [0.25, 0.3) is 11.8 Å². The highest BCUT2D eigenvalue weighted by Gasteiger charge is 2.41. The number of rotatable bonds is 2. The monoisotopic (exact) mass is 381 g/mol. The second-order valence-electron chi connectivity index (χ2n) is 8.00. The fourth-order valence-corrected chi connectivity index (χ4v) is 4.76. The number of piperidine rings is 1. The van der Waals surface area contributed by atoms with Gasteiger partial charge >= 0.3 is 0 Å². The minimum Gasteiger partial charge on any atom is -0.360 e. The van der Waals surface area contributed by atoms with Crippen molar-refractivity contribution in [2.75, 3.05) is 19.6 Å². The number of aromatic nitrogens is 3. The quantitative estimate of drug-likeness (QED) is 0.786. The molecule has 2 bridgehead atoms. The lowest BCUT2D eigenvalue weighted by molar-refractivity contribution is 0.0563. The second kappa shape index (κ2) is 7.00. The van der Waals surface area contributed by atoms with Crippen LogP contribution in [0.1, 0.15) is 58.0 Å². The van der Waals surface area contributed by atoms with Gasteiger partial charge in [-0.3, -0.25) is 14.6 Å². The number of hydrogen-bond donors (Lipinski definition) is 0. The molecule has 1 aliphatic carbocycles. The number of hydrogen-bond acceptors (Lipinski definition) is 6. The number of amides is 2. The van der Waals surface area contributed by atoms with Crippen molar-refractivity contribution in [1.29, 1.82) is 0 Å². The Bertz CT molecular complexity index is 897. The first-order valence-corrected chi connectivity index (χ1v) is 10.0. The lowest BCUT2D eigenvalue weighted by Crippen LogP contribution is -2.48. The minimum atomic E-state index is -0.113. The van der Waals surface area contributed by atoms with Crippen LogP contribution in [0.2, 0.25) is 0 Å². The van der Waals surface area contributed by atoms with E-state index in [4.69, 9.17) is 4.52 Å². The molecule has 0 N–H and O–H groups in total. The Morgan fingerprint density at radius 3 is 2.79 bits per heavy atom. The average Bonchev–Trinajstić information content (AvgIpc) is 2.95. The van der Waals surface area contributed by atoms with Gasteiger partial charge in [-0.05, 0) is 38.0 Å². The summed E-state index contributed by atoms with van der Waals surface area (Å²) in [5, 5.41) is 4.12. The van der Waals surface area contributed by atoms with Crippen LogP contribution in [0.15, 0.2) is 23.1 Å². The third-order valence-electron chi connectivity index (χ3n) is 6.20. The van der Waals surface area contributed by atoms with Crippen LogP contribution in [-0.4, -0.2) is 62.4 Å². The predicted molar refractivity (Wildman–Crippen MR) is 98.6 cm³/mol. The summed E-state index contributed by atoms with van der Waals surface area (Å²) in [6.07, 6.45) is 10.4. The van der Waals surface area contributed by atoms with Gasteiger partial charge in [-0.2, -0.15) is 0 Å². The van der Waals surface area contributed by atoms with Gasteiger partial charge in [-0.25, -0.2) is 4.98 Å². The molecule has 0 spiro atoms. The normalized spacial score (nSPS) is 24.0. The first-order valence-electron chi connectivity index (χ1n) is 10.0. The Morgan fingerprint density at radius 1 is 1.04 bits per heavy atom. The Hall–Kier alpha value is -2.77. The van der Waals surface area contributed by atoms with Gasteiger partial charge in [-0.15, -0.1) is 0 Å². The molecule has 0 unspecified atom stereocenters. The average molecular weight is 381 g/mol. The molecule has 28 heavy (non-hydrogen) atoms. The summed E-state index contributed by atoms with van der Waals surface area (Å²) < 4.78 is 5.45. The van der Waals surface area contributed by atoms with Crippen LogP contribution in [0, 0.1) is 5.92 Å². The molecule has 3 saturated heterocycles. The SMILES string of the molecule is O=C(c1cnccn1)N1C[C@@H]2CC[C@H](C1)N(C(=O)c1noc3c1CCCC3)C2. The molecule has 2 amide bonds. The highest BCUT2D eigenvalue weighted by molar-refractivity contribution is 5.95. The predicted octanol–water partition coefficient (Wildman–Crippen LogP) is 1.72. The molecule has 3 fully saturated rings. The first-order chi connectivity index (χ1) is 13.7. The Labute approximate surface area is 162 Å². The zero-order valence-electron chi connectivity index (χ0n) is 15.7. The molecule has 5 heterocycles. The van der Waals surface area contributed by atoms with Crippen LogP contribution in [0.5, 0.6) is 0 Å². The smallest absolute Gasteiger partial charge is 0.276 e. The summed E-state index contributed by atoms with van der Waals surface area (Å²) in [5.74, 6) is 0.980. The fraction of sp³-hybridized carbons (Fsp3) is 0.550. The van der Waals surface area contributed by atoms with Gasteiger partial charge in [0.15, 0.2) is 5.69 Å². The molecule has 6 rings (SSSR count). The standard InChI is InChI=1S/C20H23N5O3/c26-19(16-9-21-7-8-22-16)24-10-13-5-6-14(12-24)25(11-13)20(27)18-15-3-1-2-4-17(15)28-23-18/h7-9,13-14H,1-6,10-12H2/t13-,14+/m0/s1. The van der Waals surface area contributed by atoms with E-state index in [9.17, 15) is 9.59 Å². The van der Waals surface area contributed by atoms with E-state index >= 15 is 0 Å². The van der Waals surface area contributed by atoms with Crippen LogP contribution in [0.3, 0.4) is 0 Å². The van der Waals surface area contributed by atoms with Crippen LogP contribution >= 0.6 is 0 Å². The number of nitrogens with zero attached hydrogens (tertiary/aromatic N) is 5. The molecular weight excluding hydrogens is 358 g/mol. The summed E-state index contributed by atoms with van der Waals surface area (Å²) in [7, 11) is 0. The van der Waals surface area contributed by atoms with Crippen molar-refractivity contribution in [3.63, 3.8) is 0 Å². The molecule has 146 valence electrons.